The molecule has 1 nitrogen and oxygen atoms in total. The topological polar surface area (TPSA) is 4.93 Å². The SMILES string of the molecule is [c]1ccc2c(c1)ccn2C1CC1. The van der Waals surface area contributed by atoms with Gasteiger partial charge in [0.2, 0.25) is 0 Å². The molecule has 1 radical (unpaired) electrons. The maximum atomic E-state index is 3.09. The van der Waals surface area contributed by atoms with E-state index < -0.39 is 0 Å². The summed E-state index contributed by atoms with van der Waals surface area (Å²) in [5.74, 6) is 0. The Kier molecular flexibility index (Phi) is 1.12. The molecule has 3 rings (SSSR count). The highest BCUT2D eigenvalue weighted by molar-refractivity contribution is 5.80. The van der Waals surface area contributed by atoms with E-state index in [4.69, 9.17) is 0 Å². The van der Waals surface area contributed by atoms with E-state index in [1.807, 2.05) is 12.1 Å². The summed E-state index contributed by atoms with van der Waals surface area (Å²) in [6, 6.07) is 12.2. The van der Waals surface area contributed by atoms with Crippen LogP contribution in [0.5, 0.6) is 0 Å². The third-order valence-corrected chi connectivity index (χ3v) is 2.51. The summed E-state index contributed by atoms with van der Waals surface area (Å²) in [4.78, 5) is 0. The summed E-state index contributed by atoms with van der Waals surface area (Å²) in [6.45, 7) is 0. The van der Waals surface area contributed by atoms with Crippen molar-refractivity contribution in [3.05, 3.63) is 36.5 Å². The van der Waals surface area contributed by atoms with E-state index in [9.17, 15) is 0 Å². The van der Waals surface area contributed by atoms with Crippen molar-refractivity contribution < 1.29 is 0 Å². The van der Waals surface area contributed by atoms with Gasteiger partial charge in [0.25, 0.3) is 0 Å². The molecule has 1 fully saturated rings. The molecule has 1 aliphatic rings. The average Bonchev–Trinajstić information content (AvgIpc) is 2.86. The minimum Gasteiger partial charge on any atom is -0.344 e. The standard InChI is InChI=1S/C11H10N/c1-2-4-11-9(3-1)7-8-12(11)10-5-6-10/h2-4,7-8,10H,5-6H2. The van der Waals surface area contributed by atoms with Crippen LogP contribution in [0.1, 0.15) is 18.9 Å². The van der Waals surface area contributed by atoms with Crippen molar-refractivity contribution in [3.8, 4) is 0 Å². The van der Waals surface area contributed by atoms with Crippen LogP contribution in [0.25, 0.3) is 10.9 Å². The Bertz CT molecular complexity index is 410. The van der Waals surface area contributed by atoms with Crippen molar-refractivity contribution >= 4 is 10.9 Å². The van der Waals surface area contributed by atoms with Crippen molar-refractivity contribution in [1.82, 2.24) is 4.57 Å². The Hall–Kier alpha value is -1.24. The second-order valence-corrected chi connectivity index (χ2v) is 3.44. The van der Waals surface area contributed by atoms with Gasteiger partial charge in [-0.25, -0.2) is 0 Å². The normalized spacial score (nSPS) is 17.0. The molecule has 0 N–H and O–H groups in total. The Morgan fingerprint density at radius 1 is 1.33 bits per heavy atom. The van der Waals surface area contributed by atoms with Gasteiger partial charge in [0.15, 0.2) is 0 Å². The van der Waals surface area contributed by atoms with Crippen LogP contribution in [-0.4, -0.2) is 4.57 Å². The van der Waals surface area contributed by atoms with Gasteiger partial charge in [0.05, 0.1) is 0 Å². The molecule has 1 saturated carbocycles. The zero-order valence-electron chi connectivity index (χ0n) is 6.83. The fourth-order valence-electron chi connectivity index (χ4n) is 1.72. The molecule has 0 bridgehead atoms. The van der Waals surface area contributed by atoms with Crippen LogP contribution in [0.2, 0.25) is 0 Å². The van der Waals surface area contributed by atoms with Gasteiger partial charge >= 0.3 is 0 Å². The van der Waals surface area contributed by atoms with Crippen LogP contribution in [0.3, 0.4) is 0 Å². The van der Waals surface area contributed by atoms with Gasteiger partial charge in [-0.1, -0.05) is 6.07 Å². The first-order chi connectivity index (χ1) is 5.95. The lowest BCUT2D eigenvalue weighted by Crippen LogP contribution is -1.89. The van der Waals surface area contributed by atoms with Gasteiger partial charge in [-0.2, -0.15) is 0 Å². The summed E-state index contributed by atoms with van der Waals surface area (Å²) >= 11 is 0. The minimum atomic E-state index is 0.782. The molecule has 1 heteroatoms. The highest BCUT2D eigenvalue weighted by atomic mass is 15.0. The van der Waals surface area contributed by atoms with E-state index in [-0.39, 0.29) is 0 Å². The van der Waals surface area contributed by atoms with E-state index >= 15 is 0 Å². The fourth-order valence-corrected chi connectivity index (χ4v) is 1.72. The minimum absolute atomic E-state index is 0.782. The van der Waals surface area contributed by atoms with Crippen molar-refractivity contribution in [1.29, 1.82) is 0 Å². The van der Waals surface area contributed by atoms with Crippen LogP contribution in [0, 0.1) is 6.07 Å². The average molecular weight is 156 g/mol. The first-order valence-electron chi connectivity index (χ1n) is 4.42. The number of benzene rings is 1. The summed E-state index contributed by atoms with van der Waals surface area (Å²) in [5, 5.41) is 1.31. The van der Waals surface area contributed by atoms with Gasteiger partial charge in [0.1, 0.15) is 0 Å². The molecular formula is C11H10N. The number of nitrogens with zero attached hydrogens (tertiary/aromatic N) is 1. The highest BCUT2D eigenvalue weighted by Gasteiger charge is 2.23. The highest BCUT2D eigenvalue weighted by Crippen LogP contribution is 2.37. The van der Waals surface area contributed by atoms with Gasteiger partial charge < -0.3 is 4.57 Å². The van der Waals surface area contributed by atoms with E-state index in [1.165, 1.54) is 23.7 Å². The van der Waals surface area contributed by atoms with E-state index in [0.717, 1.165) is 6.04 Å². The predicted octanol–water partition coefficient (Wildman–Crippen LogP) is 2.78. The molecule has 1 aliphatic carbocycles. The van der Waals surface area contributed by atoms with Crippen molar-refractivity contribution in [2.75, 3.05) is 0 Å². The van der Waals surface area contributed by atoms with E-state index in [0.29, 0.717) is 0 Å². The lowest BCUT2D eigenvalue weighted by molar-refractivity contribution is 0.776. The van der Waals surface area contributed by atoms with E-state index in [2.05, 4.69) is 29.0 Å². The fraction of sp³-hybridized carbons (Fsp3) is 0.273. The molecule has 1 aromatic carbocycles. The quantitative estimate of drug-likeness (QED) is 0.598. The summed E-state index contributed by atoms with van der Waals surface area (Å²) in [7, 11) is 0. The Morgan fingerprint density at radius 3 is 3.08 bits per heavy atom. The molecule has 0 aliphatic heterocycles. The van der Waals surface area contributed by atoms with Gasteiger partial charge in [-0.05, 0) is 37.1 Å². The summed E-state index contributed by atoms with van der Waals surface area (Å²) < 4.78 is 2.38. The van der Waals surface area contributed by atoms with Crippen molar-refractivity contribution in [3.63, 3.8) is 0 Å². The second-order valence-electron chi connectivity index (χ2n) is 3.44. The van der Waals surface area contributed by atoms with Gasteiger partial charge in [-0.15, -0.1) is 0 Å². The largest absolute Gasteiger partial charge is 0.344 e. The molecule has 0 unspecified atom stereocenters. The summed E-state index contributed by atoms with van der Waals surface area (Å²) in [5.41, 5.74) is 1.36. The van der Waals surface area contributed by atoms with Crippen LogP contribution in [0.15, 0.2) is 30.5 Å². The van der Waals surface area contributed by atoms with Crippen LogP contribution >= 0.6 is 0 Å². The number of hydrogen-bond donors (Lipinski definition) is 0. The number of aromatic nitrogens is 1. The molecule has 1 heterocycles. The molecule has 1 aromatic heterocycles. The molecule has 0 spiro atoms. The Labute approximate surface area is 71.6 Å². The maximum absolute atomic E-state index is 3.09. The number of rotatable bonds is 1. The van der Waals surface area contributed by atoms with Gasteiger partial charge in [-0.3, -0.25) is 0 Å². The lowest BCUT2D eigenvalue weighted by atomic mass is 10.2. The van der Waals surface area contributed by atoms with E-state index in [1.54, 1.807) is 0 Å². The number of fused-ring (bicyclic) bond motifs is 1. The third-order valence-electron chi connectivity index (χ3n) is 2.51. The first-order valence-corrected chi connectivity index (χ1v) is 4.42. The maximum Gasteiger partial charge on any atom is 0.0483 e. The third kappa shape index (κ3) is 0.795. The lowest BCUT2D eigenvalue weighted by Gasteiger charge is -2.00. The van der Waals surface area contributed by atoms with Crippen LogP contribution in [-0.2, 0) is 0 Å². The molecular weight excluding hydrogens is 146 g/mol. The van der Waals surface area contributed by atoms with Crippen LogP contribution < -0.4 is 0 Å². The second kappa shape index (κ2) is 2.13. The molecule has 0 amide bonds. The molecule has 0 atom stereocenters. The zero-order chi connectivity index (χ0) is 7.97. The van der Waals surface area contributed by atoms with Gasteiger partial charge in [0, 0.05) is 23.1 Å². The molecule has 2 aromatic rings. The molecule has 59 valence electrons. The van der Waals surface area contributed by atoms with Crippen molar-refractivity contribution in [2.45, 2.75) is 18.9 Å². The first kappa shape index (κ1) is 6.30. The van der Waals surface area contributed by atoms with Crippen molar-refractivity contribution in [2.24, 2.45) is 0 Å². The molecule has 12 heavy (non-hydrogen) atoms. The monoisotopic (exact) mass is 156 g/mol. The smallest absolute Gasteiger partial charge is 0.0483 e. The predicted molar refractivity (Wildman–Crippen MR) is 49.0 cm³/mol. The Balaban J connectivity index is 2.30. The van der Waals surface area contributed by atoms with Crippen LogP contribution in [0.4, 0.5) is 0 Å². The Morgan fingerprint density at radius 2 is 2.25 bits per heavy atom. The molecule has 0 saturated heterocycles. The summed E-state index contributed by atoms with van der Waals surface area (Å²) in [6.07, 6.45) is 4.89. The number of hydrogen-bond acceptors (Lipinski definition) is 0. The zero-order valence-corrected chi connectivity index (χ0v) is 6.83.